The van der Waals surface area contributed by atoms with Gasteiger partial charge in [0.15, 0.2) is 0 Å². The Morgan fingerprint density at radius 1 is 0.909 bits per heavy atom. The molecule has 0 atom stereocenters. The minimum absolute atomic E-state index is 0.163. The van der Waals surface area contributed by atoms with E-state index >= 15 is 0 Å². The molecule has 5 nitrogen and oxygen atoms in total. The zero-order valence-electron chi connectivity index (χ0n) is 13.1. The van der Waals surface area contributed by atoms with Crippen LogP contribution in [0.1, 0.15) is 27.7 Å². The SMILES string of the molecule is C#CC(C)(C)OCC(COP(OCl)OCl)COC(C)(C)C#C. The van der Waals surface area contributed by atoms with E-state index in [2.05, 4.69) is 20.0 Å². The Kier molecular flexibility index (Phi) is 10.6. The fourth-order valence-electron chi connectivity index (χ4n) is 1.10. The van der Waals surface area contributed by atoms with Gasteiger partial charge >= 0.3 is 8.60 Å². The van der Waals surface area contributed by atoms with Crippen LogP contribution >= 0.6 is 32.3 Å². The van der Waals surface area contributed by atoms with Crippen LogP contribution in [-0.4, -0.2) is 31.0 Å². The van der Waals surface area contributed by atoms with Gasteiger partial charge in [0.05, 0.1) is 43.6 Å². The zero-order valence-corrected chi connectivity index (χ0v) is 15.5. The molecule has 22 heavy (non-hydrogen) atoms. The van der Waals surface area contributed by atoms with Gasteiger partial charge in [-0.05, 0) is 27.7 Å². The molecular formula is C14H21Cl2O5P. The van der Waals surface area contributed by atoms with Gasteiger partial charge in [-0.3, -0.25) is 0 Å². The van der Waals surface area contributed by atoms with Crippen molar-refractivity contribution in [3.05, 3.63) is 0 Å². The molecule has 0 aliphatic carbocycles. The molecule has 0 heterocycles. The average molecular weight is 371 g/mol. The smallest absolute Gasteiger partial charge is 0.362 e. The Balaban J connectivity index is 4.56. The second-order valence-electron chi connectivity index (χ2n) is 5.45. The standard InChI is InChI=1S/C14H21Cl2O5P/c1-7-13(3,4)17-9-12(10-18-14(5,6)8-2)11-19-22(20-15)21-16/h1-2,12H,9-11H2,3-6H3. The summed E-state index contributed by atoms with van der Waals surface area (Å²) in [5, 5.41) is 0. The topological polar surface area (TPSA) is 46.2 Å². The van der Waals surface area contributed by atoms with Gasteiger partial charge in [0.1, 0.15) is 11.2 Å². The van der Waals surface area contributed by atoms with Crippen LogP contribution in [-0.2, 0) is 22.1 Å². The van der Waals surface area contributed by atoms with E-state index in [-0.39, 0.29) is 12.5 Å². The first-order valence-corrected chi connectivity index (χ1v) is 8.15. The third-order valence-corrected chi connectivity index (χ3v) is 3.84. The van der Waals surface area contributed by atoms with Crippen LogP contribution in [0.5, 0.6) is 0 Å². The summed E-state index contributed by atoms with van der Waals surface area (Å²) in [5.74, 6) is 4.92. The molecule has 8 heteroatoms. The quantitative estimate of drug-likeness (QED) is 0.405. The second kappa shape index (κ2) is 10.7. The maximum atomic E-state index is 5.65. The lowest BCUT2D eigenvalue weighted by atomic mass is 10.1. The minimum Gasteiger partial charge on any atom is -0.362 e. The van der Waals surface area contributed by atoms with Crippen molar-refractivity contribution in [2.24, 2.45) is 5.92 Å². The highest BCUT2D eigenvalue weighted by molar-refractivity contribution is 7.43. The van der Waals surface area contributed by atoms with Crippen molar-refractivity contribution >= 4 is 32.3 Å². The highest BCUT2D eigenvalue weighted by atomic mass is 35.5. The van der Waals surface area contributed by atoms with Crippen molar-refractivity contribution in [2.45, 2.75) is 38.9 Å². The summed E-state index contributed by atoms with van der Waals surface area (Å²) in [6, 6.07) is 0. The van der Waals surface area contributed by atoms with Gasteiger partial charge in [-0.25, -0.2) is 0 Å². The summed E-state index contributed by atoms with van der Waals surface area (Å²) in [6.07, 6.45) is 10.8. The van der Waals surface area contributed by atoms with E-state index in [9.17, 15) is 0 Å². The summed E-state index contributed by atoms with van der Waals surface area (Å²) in [7, 11) is -1.83. The molecule has 0 spiro atoms. The van der Waals surface area contributed by atoms with Crippen molar-refractivity contribution in [1.29, 1.82) is 0 Å². The molecule has 0 aliphatic rings. The highest BCUT2D eigenvalue weighted by Crippen LogP contribution is 2.42. The normalized spacial score (nSPS) is 12.5. The van der Waals surface area contributed by atoms with Crippen LogP contribution in [0.25, 0.3) is 0 Å². The largest absolute Gasteiger partial charge is 0.368 e. The number of hydrogen-bond acceptors (Lipinski definition) is 5. The minimum atomic E-state index is -1.83. The lowest BCUT2D eigenvalue weighted by molar-refractivity contribution is -0.0537. The van der Waals surface area contributed by atoms with Crippen LogP contribution < -0.4 is 0 Å². The van der Waals surface area contributed by atoms with E-state index in [0.29, 0.717) is 13.2 Å². The third-order valence-electron chi connectivity index (χ3n) is 2.58. The number of hydrogen-bond donors (Lipinski definition) is 0. The van der Waals surface area contributed by atoms with Gasteiger partial charge in [-0.1, -0.05) is 11.8 Å². The van der Waals surface area contributed by atoms with Gasteiger partial charge in [0, 0.05) is 5.92 Å². The lowest BCUT2D eigenvalue weighted by Crippen LogP contribution is -2.32. The molecule has 0 N–H and O–H groups in total. The van der Waals surface area contributed by atoms with Gasteiger partial charge in [0.2, 0.25) is 0 Å². The highest BCUT2D eigenvalue weighted by Gasteiger charge is 2.23. The predicted molar refractivity (Wildman–Crippen MR) is 88.0 cm³/mol. The molecule has 0 aromatic rings. The van der Waals surface area contributed by atoms with Crippen LogP contribution in [0.4, 0.5) is 0 Å². The number of terminal acetylenes is 2. The summed E-state index contributed by atoms with van der Waals surface area (Å²) in [6.45, 7) is 7.92. The molecular weight excluding hydrogens is 350 g/mol. The number of ether oxygens (including phenoxy) is 2. The Morgan fingerprint density at radius 3 is 1.64 bits per heavy atom. The molecule has 0 rings (SSSR count). The van der Waals surface area contributed by atoms with Crippen LogP contribution in [0.2, 0.25) is 0 Å². The van der Waals surface area contributed by atoms with E-state index in [1.54, 1.807) is 27.7 Å². The van der Waals surface area contributed by atoms with Crippen molar-refractivity contribution in [2.75, 3.05) is 19.8 Å². The first-order valence-electron chi connectivity index (χ1n) is 6.43. The lowest BCUT2D eigenvalue weighted by Gasteiger charge is -2.26. The molecule has 0 fully saturated rings. The number of halogens is 2. The summed E-state index contributed by atoms with van der Waals surface area (Å²) >= 11 is 10.3. The summed E-state index contributed by atoms with van der Waals surface area (Å²) in [4.78, 5) is 0. The fraction of sp³-hybridized carbons (Fsp3) is 0.714. The molecule has 0 unspecified atom stereocenters. The van der Waals surface area contributed by atoms with E-state index in [0.717, 1.165) is 0 Å². The molecule has 0 saturated heterocycles. The summed E-state index contributed by atoms with van der Waals surface area (Å²) < 4.78 is 25.4. The summed E-state index contributed by atoms with van der Waals surface area (Å²) in [5.41, 5.74) is -1.40. The van der Waals surface area contributed by atoms with Crippen LogP contribution in [0.15, 0.2) is 0 Å². The van der Waals surface area contributed by atoms with Crippen LogP contribution in [0.3, 0.4) is 0 Å². The van der Waals surface area contributed by atoms with Crippen molar-refractivity contribution in [1.82, 2.24) is 0 Å². The van der Waals surface area contributed by atoms with Crippen molar-refractivity contribution in [3.8, 4) is 24.7 Å². The van der Waals surface area contributed by atoms with E-state index in [1.807, 2.05) is 0 Å². The maximum absolute atomic E-state index is 5.65. The maximum Gasteiger partial charge on any atom is 0.368 e. The molecule has 0 aliphatic heterocycles. The van der Waals surface area contributed by atoms with Crippen molar-refractivity contribution < 1.29 is 22.1 Å². The van der Waals surface area contributed by atoms with Gasteiger partial charge in [-0.15, -0.1) is 12.8 Å². The van der Waals surface area contributed by atoms with Gasteiger partial charge < -0.3 is 14.0 Å². The molecule has 0 aromatic heterocycles. The van der Waals surface area contributed by atoms with Gasteiger partial charge in [-0.2, -0.15) is 8.15 Å². The first kappa shape index (κ1) is 21.9. The molecule has 0 radical (unpaired) electrons. The van der Waals surface area contributed by atoms with E-state index < -0.39 is 19.8 Å². The van der Waals surface area contributed by atoms with Gasteiger partial charge in [0.25, 0.3) is 0 Å². The van der Waals surface area contributed by atoms with Crippen molar-refractivity contribution in [3.63, 3.8) is 0 Å². The fourth-order valence-corrected chi connectivity index (χ4v) is 2.02. The Labute approximate surface area is 144 Å². The molecule has 0 saturated carbocycles. The van der Waals surface area contributed by atoms with E-state index in [1.165, 1.54) is 0 Å². The molecule has 0 amide bonds. The van der Waals surface area contributed by atoms with Crippen LogP contribution in [0, 0.1) is 30.6 Å². The zero-order chi connectivity index (χ0) is 17.2. The third kappa shape index (κ3) is 9.85. The number of rotatable bonds is 11. The molecule has 0 aromatic carbocycles. The molecule has 126 valence electrons. The molecule has 0 bridgehead atoms. The second-order valence-corrected chi connectivity index (χ2v) is 7.26. The Morgan fingerprint density at radius 2 is 1.32 bits per heavy atom. The Bertz CT molecular complexity index is 369. The average Bonchev–Trinajstić information content (AvgIpc) is 2.50. The Hall–Kier alpha value is -0.0700. The predicted octanol–water partition coefficient (Wildman–Crippen LogP) is 4.04. The monoisotopic (exact) mass is 370 g/mol. The first-order chi connectivity index (χ1) is 10.2. The van der Waals surface area contributed by atoms with E-state index in [4.69, 9.17) is 50.6 Å².